The molecule has 9 heteroatoms. The van der Waals surface area contributed by atoms with Crippen LogP contribution in [-0.4, -0.2) is 16.8 Å². The maximum absolute atomic E-state index is 13.4. The van der Waals surface area contributed by atoms with Crippen molar-refractivity contribution in [2.45, 2.75) is 25.7 Å². The van der Waals surface area contributed by atoms with Crippen molar-refractivity contribution < 1.29 is 27.1 Å². The number of nitrogens with zero attached hydrogens (tertiary/aromatic N) is 1. The van der Waals surface area contributed by atoms with Gasteiger partial charge < -0.3 is 15.0 Å². The number of pyridine rings is 1. The lowest BCUT2D eigenvalue weighted by molar-refractivity contribution is -0.274. The average molecular weight is 484 g/mol. The van der Waals surface area contributed by atoms with Gasteiger partial charge in [0, 0.05) is 5.39 Å². The van der Waals surface area contributed by atoms with Gasteiger partial charge in [-0.25, -0.2) is 4.39 Å². The molecular formula is C26H20F4N2O3. The SMILES string of the molecule is NC(=O)c1c(CCc2ccc(F)cc2)c2ccccc2n(Cc2ccc(OC(F)(F)F)cc2)c1=O. The van der Waals surface area contributed by atoms with E-state index in [-0.39, 0.29) is 23.7 Å². The van der Waals surface area contributed by atoms with Crippen LogP contribution in [0, 0.1) is 5.82 Å². The number of amides is 1. The Bertz CT molecular complexity index is 1430. The smallest absolute Gasteiger partial charge is 0.406 e. The molecule has 0 atom stereocenters. The number of carbonyl (C=O) groups is 1. The molecule has 0 aliphatic heterocycles. The number of fused-ring (bicyclic) bond motifs is 1. The van der Waals surface area contributed by atoms with E-state index in [0.29, 0.717) is 34.9 Å². The maximum atomic E-state index is 13.4. The van der Waals surface area contributed by atoms with Crippen molar-refractivity contribution >= 4 is 16.8 Å². The molecular weight excluding hydrogens is 464 g/mol. The highest BCUT2D eigenvalue weighted by Gasteiger charge is 2.31. The minimum atomic E-state index is -4.81. The molecule has 2 N–H and O–H groups in total. The minimum Gasteiger partial charge on any atom is -0.406 e. The summed E-state index contributed by atoms with van der Waals surface area (Å²) in [4.78, 5) is 25.8. The summed E-state index contributed by atoms with van der Waals surface area (Å²) < 4.78 is 55.8. The number of rotatable bonds is 7. The summed E-state index contributed by atoms with van der Waals surface area (Å²) >= 11 is 0. The van der Waals surface area contributed by atoms with Crippen LogP contribution in [0.25, 0.3) is 10.9 Å². The minimum absolute atomic E-state index is 0.00413. The molecule has 0 saturated carbocycles. The Hall–Kier alpha value is -4.14. The van der Waals surface area contributed by atoms with E-state index in [0.717, 1.165) is 17.7 Å². The zero-order valence-corrected chi connectivity index (χ0v) is 18.3. The first-order valence-electron chi connectivity index (χ1n) is 10.7. The fourth-order valence-electron chi connectivity index (χ4n) is 4.04. The number of carbonyl (C=O) groups excluding carboxylic acids is 1. The Balaban J connectivity index is 1.74. The van der Waals surface area contributed by atoms with Gasteiger partial charge in [-0.15, -0.1) is 13.2 Å². The highest BCUT2D eigenvalue weighted by molar-refractivity contribution is 5.99. The third-order valence-corrected chi connectivity index (χ3v) is 5.60. The normalized spacial score (nSPS) is 11.5. The molecule has 0 spiro atoms. The van der Waals surface area contributed by atoms with Gasteiger partial charge in [0.1, 0.15) is 17.1 Å². The van der Waals surface area contributed by atoms with Crippen LogP contribution >= 0.6 is 0 Å². The van der Waals surface area contributed by atoms with Crippen molar-refractivity contribution in [3.63, 3.8) is 0 Å². The van der Waals surface area contributed by atoms with Gasteiger partial charge in [0.05, 0.1) is 12.1 Å². The topological polar surface area (TPSA) is 74.3 Å². The Morgan fingerprint density at radius 2 is 1.51 bits per heavy atom. The van der Waals surface area contributed by atoms with E-state index in [9.17, 15) is 27.2 Å². The molecule has 0 radical (unpaired) electrons. The summed E-state index contributed by atoms with van der Waals surface area (Å²) in [7, 11) is 0. The lowest BCUT2D eigenvalue weighted by Gasteiger charge is -2.17. The molecule has 1 aromatic heterocycles. The van der Waals surface area contributed by atoms with E-state index in [4.69, 9.17) is 5.73 Å². The molecule has 180 valence electrons. The van der Waals surface area contributed by atoms with Crippen LogP contribution in [-0.2, 0) is 19.4 Å². The van der Waals surface area contributed by atoms with Gasteiger partial charge in [0.15, 0.2) is 0 Å². The first kappa shape index (κ1) is 24.0. The largest absolute Gasteiger partial charge is 0.573 e. The van der Waals surface area contributed by atoms with Crippen LogP contribution in [0.5, 0.6) is 5.75 Å². The highest BCUT2D eigenvalue weighted by atomic mass is 19.4. The second-order valence-electron chi connectivity index (χ2n) is 7.94. The molecule has 0 aliphatic carbocycles. The first-order valence-corrected chi connectivity index (χ1v) is 10.7. The average Bonchev–Trinajstić information content (AvgIpc) is 2.80. The second-order valence-corrected chi connectivity index (χ2v) is 7.94. The molecule has 35 heavy (non-hydrogen) atoms. The van der Waals surface area contributed by atoms with Gasteiger partial charge in [-0.05, 0) is 59.9 Å². The van der Waals surface area contributed by atoms with E-state index >= 15 is 0 Å². The van der Waals surface area contributed by atoms with Gasteiger partial charge in [0.25, 0.3) is 11.5 Å². The molecule has 0 saturated heterocycles. The van der Waals surface area contributed by atoms with Crippen molar-refractivity contribution in [3.05, 3.63) is 111 Å². The van der Waals surface area contributed by atoms with Gasteiger partial charge >= 0.3 is 6.36 Å². The Labute approximate surface area is 197 Å². The van der Waals surface area contributed by atoms with E-state index in [1.807, 2.05) is 0 Å². The Morgan fingerprint density at radius 3 is 2.14 bits per heavy atom. The van der Waals surface area contributed by atoms with Gasteiger partial charge in [0.2, 0.25) is 0 Å². The number of primary amides is 1. The van der Waals surface area contributed by atoms with Crippen molar-refractivity contribution in [2.24, 2.45) is 5.73 Å². The highest BCUT2D eigenvalue weighted by Crippen LogP contribution is 2.25. The monoisotopic (exact) mass is 484 g/mol. The number of alkyl halides is 3. The number of aromatic nitrogens is 1. The number of halogens is 4. The lowest BCUT2D eigenvalue weighted by Crippen LogP contribution is -2.32. The molecule has 0 fully saturated rings. The number of hydrogen-bond donors (Lipinski definition) is 1. The van der Waals surface area contributed by atoms with Gasteiger partial charge in [-0.1, -0.05) is 42.5 Å². The van der Waals surface area contributed by atoms with Crippen molar-refractivity contribution in [2.75, 3.05) is 0 Å². The summed E-state index contributed by atoms with van der Waals surface area (Å²) in [5.41, 5.74) is 7.27. The molecule has 1 amide bonds. The predicted octanol–water partition coefficient (Wildman–Crippen LogP) is 4.97. The van der Waals surface area contributed by atoms with Crippen LogP contribution < -0.4 is 16.0 Å². The van der Waals surface area contributed by atoms with Gasteiger partial charge in [-0.3, -0.25) is 9.59 Å². The van der Waals surface area contributed by atoms with Crippen LogP contribution in [0.1, 0.15) is 27.0 Å². The number of aryl methyl sites for hydroxylation is 2. The van der Waals surface area contributed by atoms with Gasteiger partial charge in [-0.2, -0.15) is 0 Å². The van der Waals surface area contributed by atoms with E-state index in [1.165, 1.54) is 28.8 Å². The van der Waals surface area contributed by atoms with Crippen LogP contribution in [0.3, 0.4) is 0 Å². The molecule has 0 bridgehead atoms. The maximum Gasteiger partial charge on any atom is 0.573 e. The second kappa shape index (κ2) is 9.61. The number of ether oxygens (including phenoxy) is 1. The number of benzene rings is 3. The van der Waals surface area contributed by atoms with Crippen LogP contribution in [0.2, 0.25) is 0 Å². The van der Waals surface area contributed by atoms with E-state index in [2.05, 4.69) is 4.74 Å². The molecule has 0 unspecified atom stereocenters. The van der Waals surface area contributed by atoms with Crippen LogP contribution in [0.15, 0.2) is 77.6 Å². The quantitative estimate of drug-likeness (QED) is 0.377. The zero-order valence-electron chi connectivity index (χ0n) is 18.3. The summed E-state index contributed by atoms with van der Waals surface area (Å²) in [5, 5.41) is 0.653. The summed E-state index contributed by atoms with van der Waals surface area (Å²) in [6, 6.07) is 18.1. The summed E-state index contributed by atoms with van der Waals surface area (Å²) in [5.74, 6) is -1.62. The molecule has 4 aromatic rings. The summed E-state index contributed by atoms with van der Waals surface area (Å²) in [6.07, 6.45) is -4.03. The molecule has 5 nitrogen and oxygen atoms in total. The molecule has 0 aliphatic rings. The molecule has 4 rings (SSSR count). The van der Waals surface area contributed by atoms with Crippen LogP contribution in [0.4, 0.5) is 17.6 Å². The molecule has 3 aromatic carbocycles. The lowest BCUT2D eigenvalue weighted by atomic mass is 9.95. The molecule has 1 heterocycles. The number of hydrogen-bond acceptors (Lipinski definition) is 3. The van der Waals surface area contributed by atoms with Crippen molar-refractivity contribution in [1.29, 1.82) is 0 Å². The number of para-hydroxylation sites is 1. The van der Waals surface area contributed by atoms with E-state index < -0.39 is 17.8 Å². The Morgan fingerprint density at radius 1 is 0.886 bits per heavy atom. The fraction of sp³-hybridized carbons (Fsp3) is 0.154. The number of nitrogens with two attached hydrogens (primary N) is 1. The Kier molecular flexibility index (Phi) is 6.59. The third kappa shape index (κ3) is 5.51. The van der Waals surface area contributed by atoms with Crippen molar-refractivity contribution in [1.82, 2.24) is 4.57 Å². The third-order valence-electron chi connectivity index (χ3n) is 5.60. The van der Waals surface area contributed by atoms with E-state index in [1.54, 1.807) is 36.4 Å². The first-order chi connectivity index (χ1) is 16.6. The van der Waals surface area contributed by atoms with Crippen molar-refractivity contribution in [3.8, 4) is 5.75 Å². The summed E-state index contributed by atoms with van der Waals surface area (Å²) in [6.45, 7) is 0.00413. The predicted molar refractivity (Wildman–Crippen MR) is 123 cm³/mol. The zero-order chi connectivity index (χ0) is 25.2. The standard InChI is InChI=1S/C26H20F4N2O3/c27-18-10-5-16(6-11-18)9-14-21-20-3-1-2-4-22(20)32(25(34)23(21)24(31)33)15-17-7-12-19(13-8-17)35-26(28,29)30/h1-8,10-13H,9,14-15H2,(H2,31,33). The fourth-order valence-corrected chi connectivity index (χ4v) is 4.04.